The lowest BCUT2D eigenvalue weighted by molar-refractivity contribution is 0.112. The summed E-state index contributed by atoms with van der Waals surface area (Å²) in [6.07, 6.45) is 2.04. The van der Waals surface area contributed by atoms with E-state index in [1.807, 2.05) is 0 Å². The molecule has 4 nitrogen and oxygen atoms in total. The minimum atomic E-state index is 0.168. The molecular formula is C10H7NO3. The third kappa shape index (κ3) is 1.37. The fourth-order valence-corrected chi connectivity index (χ4v) is 1.16. The van der Waals surface area contributed by atoms with Crippen LogP contribution in [0.25, 0.3) is 11.3 Å². The van der Waals surface area contributed by atoms with Crippen LogP contribution in [-0.2, 0) is 0 Å². The number of phenolic OH excluding ortho intramolecular Hbond substituents is 1. The van der Waals surface area contributed by atoms with Crippen LogP contribution in [0, 0.1) is 0 Å². The fourth-order valence-electron chi connectivity index (χ4n) is 1.16. The first kappa shape index (κ1) is 8.50. The molecule has 14 heavy (non-hydrogen) atoms. The maximum absolute atomic E-state index is 10.6. The second-order valence-corrected chi connectivity index (χ2v) is 2.77. The number of nitrogens with zero attached hydrogens (tertiary/aromatic N) is 1. The Labute approximate surface area is 79.8 Å². The normalized spacial score (nSPS) is 10.0. The first-order valence-electron chi connectivity index (χ1n) is 4.00. The van der Waals surface area contributed by atoms with E-state index in [1.54, 1.807) is 12.1 Å². The van der Waals surface area contributed by atoms with Gasteiger partial charge in [-0.05, 0) is 24.3 Å². The molecule has 1 aromatic heterocycles. The molecule has 0 unspecified atom stereocenters. The molecule has 0 amide bonds. The summed E-state index contributed by atoms with van der Waals surface area (Å²) in [5, 5.41) is 12.6. The molecule has 70 valence electrons. The SMILES string of the molecule is O=Cc1cnoc1-c1ccc(O)cc1. The van der Waals surface area contributed by atoms with Crippen LogP contribution in [0.3, 0.4) is 0 Å². The number of aldehydes is 1. The maximum Gasteiger partial charge on any atom is 0.177 e. The van der Waals surface area contributed by atoms with Gasteiger partial charge in [-0.1, -0.05) is 5.16 Å². The molecule has 0 radical (unpaired) electrons. The number of aromatic nitrogens is 1. The minimum absolute atomic E-state index is 0.168. The van der Waals surface area contributed by atoms with Crippen LogP contribution in [-0.4, -0.2) is 16.5 Å². The van der Waals surface area contributed by atoms with Crippen LogP contribution in [0.15, 0.2) is 35.0 Å². The predicted molar refractivity (Wildman–Crippen MR) is 49.0 cm³/mol. The molecule has 0 aliphatic heterocycles. The Bertz CT molecular complexity index is 445. The molecular weight excluding hydrogens is 182 g/mol. The molecule has 0 bridgehead atoms. The van der Waals surface area contributed by atoms with Gasteiger partial charge in [-0.2, -0.15) is 0 Å². The number of aromatic hydroxyl groups is 1. The van der Waals surface area contributed by atoms with Crippen molar-refractivity contribution in [3.8, 4) is 17.1 Å². The van der Waals surface area contributed by atoms with E-state index in [0.717, 1.165) is 0 Å². The van der Waals surface area contributed by atoms with Gasteiger partial charge >= 0.3 is 0 Å². The molecule has 1 heterocycles. The lowest BCUT2D eigenvalue weighted by atomic mass is 10.1. The average Bonchev–Trinajstić information content (AvgIpc) is 2.67. The number of rotatable bonds is 2. The van der Waals surface area contributed by atoms with Crippen LogP contribution in [0.2, 0.25) is 0 Å². The van der Waals surface area contributed by atoms with E-state index in [-0.39, 0.29) is 5.75 Å². The summed E-state index contributed by atoms with van der Waals surface area (Å²) in [6.45, 7) is 0. The third-order valence-electron chi connectivity index (χ3n) is 1.85. The van der Waals surface area contributed by atoms with Crippen LogP contribution >= 0.6 is 0 Å². The van der Waals surface area contributed by atoms with E-state index in [0.29, 0.717) is 23.2 Å². The molecule has 0 aliphatic carbocycles. The van der Waals surface area contributed by atoms with E-state index < -0.39 is 0 Å². The van der Waals surface area contributed by atoms with Crippen molar-refractivity contribution in [2.75, 3.05) is 0 Å². The van der Waals surface area contributed by atoms with E-state index >= 15 is 0 Å². The maximum atomic E-state index is 10.6. The van der Waals surface area contributed by atoms with Gasteiger partial charge in [0.1, 0.15) is 5.75 Å². The summed E-state index contributed by atoms with van der Waals surface area (Å²) in [5.74, 6) is 0.584. The Balaban J connectivity index is 2.49. The Morgan fingerprint density at radius 2 is 2.00 bits per heavy atom. The highest BCUT2D eigenvalue weighted by Crippen LogP contribution is 2.23. The molecule has 1 aromatic carbocycles. The highest BCUT2D eigenvalue weighted by atomic mass is 16.5. The van der Waals surface area contributed by atoms with Crippen LogP contribution < -0.4 is 0 Å². The van der Waals surface area contributed by atoms with Gasteiger partial charge in [-0.3, -0.25) is 4.79 Å². The van der Waals surface area contributed by atoms with E-state index in [4.69, 9.17) is 9.63 Å². The van der Waals surface area contributed by atoms with Crippen LogP contribution in [0.1, 0.15) is 10.4 Å². The Morgan fingerprint density at radius 1 is 1.29 bits per heavy atom. The summed E-state index contributed by atoms with van der Waals surface area (Å²) >= 11 is 0. The highest BCUT2D eigenvalue weighted by molar-refractivity contribution is 5.84. The molecule has 1 N–H and O–H groups in total. The first-order valence-corrected chi connectivity index (χ1v) is 4.00. The van der Waals surface area contributed by atoms with Crippen LogP contribution in [0.5, 0.6) is 5.75 Å². The lowest BCUT2D eigenvalue weighted by Crippen LogP contribution is -1.80. The Hall–Kier alpha value is -2.10. The van der Waals surface area contributed by atoms with Gasteiger partial charge in [0.25, 0.3) is 0 Å². The highest BCUT2D eigenvalue weighted by Gasteiger charge is 2.09. The van der Waals surface area contributed by atoms with Crippen molar-refractivity contribution in [1.29, 1.82) is 0 Å². The van der Waals surface area contributed by atoms with Crippen molar-refractivity contribution in [2.45, 2.75) is 0 Å². The zero-order chi connectivity index (χ0) is 9.97. The van der Waals surface area contributed by atoms with Gasteiger partial charge in [0.15, 0.2) is 12.0 Å². The number of carbonyl (C=O) groups excluding carboxylic acids is 1. The minimum Gasteiger partial charge on any atom is -0.508 e. The van der Waals surface area contributed by atoms with Gasteiger partial charge in [0.05, 0.1) is 11.8 Å². The summed E-state index contributed by atoms with van der Waals surface area (Å²) < 4.78 is 4.92. The second-order valence-electron chi connectivity index (χ2n) is 2.77. The summed E-state index contributed by atoms with van der Waals surface area (Å²) in [7, 11) is 0. The number of carbonyl (C=O) groups is 1. The van der Waals surface area contributed by atoms with E-state index in [1.165, 1.54) is 18.3 Å². The molecule has 4 heteroatoms. The Morgan fingerprint density at radius 3 is 2.64 bits per heavy atom. The molecule has 0 saturated carbocycles. The van der Waals surface area contributed by atoms with Gasteiger partial charge in [0, 0.05) is 5.56 Å². The van der Waals surface area contributed by atoms with Gasteiger partial charge in [0.2, 0.25) is 0 Å². The van der Waals surface area contributed by atoms with Gasteiger partial charge in [-0.25, -0.2) is 0 Å². The van der Waals surface area contributed by atoms with Gasteiger partial charge < -0.3 is 9.63 Å². The van der Waals surface area contributed by atoms with Crippen molar-refractivity contribution in [3.05, 3.63) is 36.0 Å². The fraction of sp³-hybridized carbons (Fsp3) is 0. The summed E-state index contributed by atoms with van der Waals surface area (Å²) in [4.78, 5) is 10.6. The number of phenols is 1. The number of hydrogen-bond acceptors (Lipinski definition) is 4. The summed E-state index contributed by atoms with van der Waals surface area (Å²) in [5.41, 5.74) is 1.11. The zero-order valence-electron chi connectivity index (χ0n) is 7.18. The molecule has 0 spiro atoms. The number of hydrogen-bond donors (Lipinski definition) is 1. The largest absolute Gasteiger partial charge is 0.508 e. The molecule has 2 aromatic rings. The third-order valence-corrected chi connectivity index (χ3v) is 1.85. The molecule has 0 aliphatic rings. The Kier molecular flexibility index (Phi) is 2.02. The predicted octanol–water partition coefficient (Wildman–Crippen LogP) is 1.86. The van der Waals surface area contributed by atoms with Crippen molar-refractivity contribution in [3.63, 3.8) is 0 Å². The van der Waals surface area contributed by atoms with Crippen molar-refractivity contribution < 1.29 is 14.4 Å². The quantitative estimate of drug-likeness (QED) is 0.732. The smallest absolute Gasteiger partial charge is 0.177 e. The molecule has 0 atom stereocenters. The van der Waals surface area contributed by atoms with Crippen molar-refractivity contribution in [1.82, 2.24) is 5.16 Å². The van der Waals surface area contributed by atoms with E-state index in [2.05, 4.69) is 5.16 Å². The van der Waals surface area contributed by atoms with Crippen molar-refractivity contribution in [2.24, 2.45) is 0 Å². The first-order chi connectivity index (χ1) is 6.81. The van der Waals surface area contributed by atoms with Crippen LogP contribution in [0.4, 0.5) is 0 Å². The molecule has 0 fully saturated rings. The van der Waals surface area contributed by atoms with E-state index in [9.17, 15) is 4.79 Å². The van der Waals surface area contributed by atoms with Crippen molar-refractivity contribution >= 4 is 6.29 Å². The molecule has 2 rings (SSSR count). The lowest BCUT2D eigenvalue weighted by Gasteiger charge is -1.96. The average molecular weight is 189 g/mol. The monoisotopic (exact) mass is 189 g/mol. The molecule has 0 saturated heterocycles. The second kappa shape index (κ2) is 3.33. The summed E-state index contributed by atoms with van der Waals surface area (Å²) in [6, 6.07) is 6.35. The number of benzene rings is 1. The van der Waals surface area contributed by atoms with Gasteiger partial charge in [-0.15, -0.1) is 0 Å². The standard InChI is InChI=1S/C10H7NO3/c12-6-8-5-11-14-10(8)7-1-3-9(13)4-2-7/h1-6,13H. The zero-order valence-corrected chi connectivity index (χ0v) is 7.18. The topological polar surface area (TPSA) is 63.3 Å².